The summed E-state index contributed by atoms with van der Waals surface area (Å²) >= 11 is 1.68. The summed E-state index contributed by atoms with van der Waals surface area (Å²) in [5.74, 6) is 0.952. The van der Waals surface area contributed by atoms with E-state index in [1.165, 1.54) is 18.2 Å². The molecule has 0 radical (unpaired) electrons. The van der Waals surface area contributed by atoms with Crippen LogP contribution in [0, 0.1) is 12.7 Å². The van der Waals surface area contributed by atoms with Crippen LogP contribution in [0.25, 0.3) is 22.0 Å². The minimum Gasteiger partial charge on any atom is -0.375 e. The number of hydrogen-bond donors (Lipinski definition) is 0. The van der Waals surface area contributed by atoms with E-state index in [9.17, 15) is 14.0 Å². The summed E-state index contributed by atoms with van der Waals surface area (Å²) < 4.78 is 21.7. The Labute approximate surface area is 232 Å². The van der Waals surface area contributed by atoms with Crippen molar-refractivity contribution in [3.8, 4) is 11.1 Å². The van der Waals surface area contributed by atoms with Crippen molar-refractivity contribution in [2.45, 2.75) is 63.7 Å². The molecule has 9 heteroatoms. The molecule has 1 saturated heterocycles. The van der Waals surface area contributed by atoms with Crippen molar-refractivity contribution in [2.75, 3.05) is 30.3 Å². The zero-order valence-electron chi connectivity index (χ0n) is 22.9. The van der Waals surface area contributed by atoms with Crippen molar-refractivity contribution in [1.29, 1.82) is 0 Å². The van der Waals surface area contributed by atoms with Gasteiger partial charge in [0.15, 0.2) is 0 Å². The minimum absolute atomic E-state index is 0.0746. The van der Waals surface area contributed by atoms with Gasteiger partial charge in [-0.3, -0.25) is 9.36 Å². The summed E-state index contributed by atoms with van der Waals surface area (Å²) in [4.78, 5) is 35.8. The lowest BCUT2D eigenvalue weighted by atomic mass is 9.97. The molecule has 1 aromatic heterocycles. The molecule has 1 amide bonds. The third kappa shape index (κ3) is 5.10. The first-order chi connectivity index (χ1) is 18.7. The smallest absolute Gasteiger partial charge is 0.350 e. The highest BCUT2D eigenvalue weighted by molar-refractivity contribution is 7.99. The van der Waals surface area contributed by atoms with Crippen molar-refractivity contribution in [1.82, 2.24) is 14.5 Å². The molecule has 3 atom stereocenters. The fourth-order valence-electron chi connectivity index (χ4n) is 5.90. The number of ether oxygens (including phenoxy) is 1. The maximum Gasteiger partial charge on any atom is 0.350 e. The standard InChI is InChI=1S/C30H35FN4O3S/c1-6-12-38-23-16-34-27-24(13-18(3)26(28(27)39-17-23)21-8-10-22(31)11-9-21)29(32-30(34)37)33-14-19(4)35(20(5)15-33)25(36)7-2/h7-11,13,19-20,23H,2,6,12,14-17H2,1,3-5H3/t19-,20+,23-/m1/s1. The molecule has 0 N–H and O–H groups in total. The van der Waals surface area contributed by atoms with Crippen LogP contribution in [0.4, 0.5) is 10.2 Å². The molecule has 5 rings (SSSR count). The van der Waals surface area contributed by atoms with Gasteiger partial charge in [0, 0.05) is 53.4 Å². The molecule has 0 saturated carbocycles. The topological polar surface area (TPSA) is 67.7 Å². The van der Waals surface area contributed by atoms with Crippen LogP contribution in [0.2, 0.25) is 0 Å². The third-order valence-electron chi connectivity index (χ3n) is 7.53. The van der Waals surface area contributed by atoms with E-state index < -0.39 is 0 Å². The highest BCUT2D eigenvalue weighted by Gasteiger charge is 2.34. The number of aromatic nitrogens is 2. The number of aryl methyl sites for hydroxylation is 1. The highest BCUT2D eigenvalue weighted by atomic mass is 32.2. The van der Waals surface area contributed by atoms with Crippen LogP contribution in [0.5, 0.6) is 0 Å². The SMILES string of the molecule is C=CC(=O)N1[C@H](C)CN(c2nc(=O)n3c4c(c(-c5ccc(F)cc5)c(C)cc24)SC[C@H](OCCC)C3)C[C@@H]1C. The molecule has 0 bridgehead atoms. The molecule has 0 aliphatic carbocycles. The molecular weight excluding hydrogens is 515 g/mol. The summed E-state index contributed by atoms with van der Waals surface area (Å²) in [6, 6.07) is 8.47. The van der Waals surface area contributed by atoms with Crippen molar-refractivity contribution >= 4 is 34.4 Å². The molecule has 2 aromatic carbocycles. The second-order valence-electron chi connectivity index (χ2n) is 10.5. The van der Waals surface area contributed by atoms with E-state index in [4.69, 9.17) is 4.74 Å². The number of thioether (sulfide) groups is 1. The van der Waals surface area contributed by atoms with Crippen LogP contribution in [0.15, 0.2) is 52.7 Å². The summed E-state index contributed by atoms with van der Waals surface area (Å²) in [5, 5.41) is 0.902. The molecule has 0 spiro atoms. The molecule has 1 fully saturated rings. The number of nitrogens with zero attached hydrogens (tertiary/aromatic N) is 4. The van der Waals surface area contributed by atoms with Gasteiger partial charge in [0.1, 0.15) is 11.6 Å². The predicted molar refractivity (Wildman–Crippen MR) is 155 cm³/mol. The van der Waals surface area contributed by atoms with Crippen LogP contribution in [-0.2, 0) is 16.1 Å². The molecule has 0 unspecified atom stereocenters. The van der Waals surface area contributed by atoms with E-state index in [2.05, 4.69) is 36.4 Å². The number of rotatable bonds is 6. The zero-order valence-corrected chi connectivity index (χ0v) is 23.8. The van der Waals surface area contributed by atoms with E-state index in [0.29, 0.717) is 37.8 Å². The van der Waals surface area contributed by atoms with E-state index in [-0.39, 0.29) is 35.6 Å². The van der Waals surface area contributed by atoms with Crippen molar-refractivity contribution < 1.29 is 13.9 Å². The largest absolute Gasteiger partial charge is 0.375 e. The Bertz CT molecular complexity index is 1460. The number of piperazine rings is 1. The fraction of sp³-hybridized carbons (Fsp3) is 0.433. The van der Waals surface area contributed by atoms with Crippen LogP contribution in [-0.4, -0.2) is 64.0 Å². The first-order valence-electron chi connectivity index (χ1n) is 13.5. The number of halogens is 1. The van der Waals surface area contributed by atoms with E-state index in [1.807, 2.05) is 18.7 Å². The molecule has 3 heterocycles. The van der Waals surface area contributed by atoms with Crippen LogP contribution in [0.3, 0.4) is 0 Å². The van der Waals surface area contributed by atoms with Crippen LogP contribution < -0.4 is 10.6 Å². The maximum absolute atomic E-state index is 13.8. The van der Waals surface area contributed by atoms with Crippen LogP contribution >= 0.6 is 11.8 Å². The second kappa shape index (κ2) is 11.1. The average Bonchev–Trinajstić information content (AvgIpc) is 3.10. The Balaban J connectivity index is 1.70. The molecule has 39 heavy (non-hydrogen) atoms. The normalized spacial score (nSPS) is 21.2. The van der Waals surface area contributed by atoms with Gasteiger partial charge in [-0.1, -0.05) is 25.6 Å². The highest BCUT2D eigenvalue weighted by Crippen LogP contribution is 2.43. The lowest BCUT2D eigenvalue weighted by Crippen LogP contribution is -2.58. The Morgan fingerprint density at radius 3 is 2.54 bits per heavy atom. The van der Waals surface area contributed by atoms with E-state index in [1.54, 1.807) is 28.5 Å². The van der Waals surface area contributed by atoms with Gasteiger partial charge in [-0.2, -0.15) is 4.98 Å². The number of benzene rings is 2. The van der Waals surface area contributed by atoms with Gasteiger partial charge < -0.3 is 14.5 Å². The van der Waals surface area contributed by atoms with Crippen molar-refractivity contribution in [2.24, 2.45) is 0 Å². The Morgan fingerprint density at radius 1 is 1.21 bits per heavy atom. The van der Waals surface area contributed by atoms with Crippen molar-refractivity contribution in [3.05, 3.63) is 64.9 Å². The van der Waals surface area contributed by atoms with Crippen LogP contribution in [0.1, 0.15) is 32.8 Å². The van der Waals surface area contributed by atoms with Gasteiger partial charge in [-0.05, 0) is 62.6 Å². The molecule has 2 aliphatic rings. The second-order valence-corrected chi connectivity index (χ2v) is 11.5. The Kier molecular flexibility index (Phi) is 7.82. The summed E-state index contributed by atoms with van der Waals surface area (Å²) in [5.41, 5.74) is 3.46. The first kappa shape index (κ1) is 27.4. The van der Waals surface area contributed by atoms with Gasteiger partial charge >= 0.3 is 5.69 Å². The summed E-state index contributed by atoms with van der Waals surface area (Å²) in [6.45, 7) is 14.0. The first-order valence-corrected chi connectivity index (χ1v) is 14.5. The van der Waals surface area contributed by atoms with E-state index in [0.717, 1.165) is 38.9 Å². The summed E-state index contributed by atoms with van der Waals surface area (Å²) in [7, 11) is 0. The van der Waals surface area contributed by atoms with Gasteiger partial charge in [-0.15, -0.1) is 11.8 Å². The van der Waals surface area contributed by atoms with Gasteiger partial charge in [-0.25, -0.2) is 9.18 Å². The fourth-order valence-corrected chi connectivity index (χ4v) is 7.24. The minimum atomic E-state index is -0.315. The molecule has 206 valence electrons. The Morgan fingerprint density at radius 2 is 1.90 bits per heavy atom. The van der Waals surface area contributed by atoms with Gasteiger partial charge in [0.2, 0.25) is 5.91 Å². The lowest BCUT2D eigenvalue weighted by Gasteiger charge is -2.44. The predicted octanol–water partition coefficient (Wildman–Crippen LogP) is 5.02. The monoisotopic (exact) mass is 550 g/mol. The quantitative estimate of drug-likeness (QED) is 0.402. The van der Waals surface area contributed by atoms with Gasteiger partial charge in [0.25, 0.3) is 0 Å². The number of carbonyl (C=O) groups excluding carboxylic acids is 1. The Hall–Kier alpha value is -3.17. The molecular formula is C30H35FN4O3S. The average molecular weight is 551 g/mol. The third-order valence-corrected chi connectivity index (χ3v) is 8.76. The zero-order chi connectivity index (χ0) is 27.8. The molecule has 7 nitrogen and oxygen atoms in total. The number of anilines is 1. The van der Waals surface area contributed by atoms with Crippen molar-refractivity contribution in [3.63, 3.8) is 0 Å². The lowest BCUT2D eigenvalue weighted by molar-refractivity contribution is -0.130. The van der Waals surface area contributed by atoms with E-state index >= 15 is 0 Å². The number of amides is 1. The maximum atomic E-state index is 13.8. The van der Waals surface area contributed by atoms with Gasteiger partial charge in [0.05, 0.1) is 18.2 Å². The molecule has 3 aromatic rings. The summed E-state index contributed by atoms with van der Waals surface area (Å²) in [6.07, 6.45) is 2.12. The number of carbonyl (C=O) groups is 1. The number of hydrogen-bond acceptors (Lipinski definition) is 6. The molecule has 2 aliphatic heterocycles.